The van der Waals surface area contributed by atoms with E-state index in [1.165, 1.54) is 6.20 Å². The average molecular weight is 481 g/mol. The molecule has 0 spiro atoms. The minimum absolute atomic E-state index is 0.0184. The van der Waals surface area contributed by atoms with Crippen LogP contribution in [0.15, 0.2) is 55.1 Å². The van der Waals surface area contributed by atoms with Crippen LogP contribution in [-0.2, 0) is 0 Å². The van der Waals surface area contributed by atoms with E-state index in [0.29, 0.717) is 41.4 Å². The Hall–Kier alpha value is -4.60. The van der Waals surface area contributed by atoms with E-state index in [0.717, 1.165) is 16.9 Å². The molecule has 0 aromatic carbocycles. The molecule has 0 radical (unpaired) electrons. The van der Waals surface area contributed by atoms with Crippen LogP contribution in [0.1, 0.15) is 25.0 Å². The Kier molecular flexibility index (Phi) is 5.93. The molecule has 4 aromatic heterocycles. The summed E-state index contributed by atoms with van der Waals surface area (Å²) in [6.07, 6.45) is 12.0. The van der Waals surface area contributed by atoms with Crippen molar-refractivity contribution in [2.45, 2.75) is 25.6 Å². The molecule has 1 saturated heterocycles. The first-order chi connectivity index (χ1) is 17.3. The quantitative estimate of drug-likeness (QED) is 0.402. The number of fused-ring (bicyclic) bond motifs is 1. The van der Waals surface area contributed by atoms with Crippen LogP contribution in [0.4, 0.5) is 5.82 Å². The molecule has 36 heavy (non-hydrogen) atoms. The number of anilines is 1. The lowest BCUT2D eigenvalue weighted by atomic mass is 10.0. The molecule has 0 unspecified atom stereocenters. The molecule has 180 valence electrons. The van der Waals surface area contributed by atoms with Gasteiger partial charge in [0, 0.05) is 35.2 Å². The van der Waals surface area contributed by atoms with Gasteiger partial charge in [-0.2, -0.15) is 10.4 Å². The number of pyridine rings is 3. The third-order valence-corrected chi connectivity index (χ3v) is 5.72. The molecular formula is C27H24N6O3. The lowest BCUT2D eigenvalue weighted by Gasteiger charge is -2.39. The summed E-state index contributed by atoms with van der Waals surface area (Å²) >= 11 is 0. The van der Waals surface area contributed by atoms with Gasteiger partial charge in [0.2, 0.25) is 5.88 Å². The third kappa shape index (κ3) is 4.78. The molecule has 1 aliphatic heterocycles. The maximum atomic E-state index is 10.0. The van der Waals surface area contributed by atoms with Crippen LogP contribution in [0, 0.1) is 23.7 Å². The van der Waals surface area contributed by atoms with Crippen LogP contribution in [0.3, 0.4) is 0 Å². The van der Waals surface area contributed by atoms with Gasteiger partial charge in [0.1, 0.15) is 30.3 Å². The minimum atomic E-state index is -0.986. The van der Waals surface area contributed by atoms with Gasteiger partial charge in [-0.25, -0.2) is 14.5 Å². The second-order valence-corrected chi connectivity index (χ2v) is 9.23. The van der Waals surface area contributed by atoms with Crippen LogP contribution in [0.25, 0.3) is 16.6 Å². The summed E-state index contributed by atoms with van der Waals surface area (Å²) in [5.74, 6) is 4.44. The zero-order chi connectivity index (χ0) is 25.3. The van der Waals surface area contributed by atoms with Gasteiger partial charge in [0.25, 0.3) is 0 Å². The molecule has 1 N–H and O–H groups in total. The van der Waals surface area contributed by atoms with Gasteiger partial charge in [0.15, 0.2) is 0 Å². The van der Waals surface area contributed by atoms with E-state index in [1.807, 2.05) is 18.2 Å². The molecule has 0 saturated carbocycles. The zero-order valence-corrected chi connectivity index (χ0v) is 19.9. The van der Waals surface area contributed by atoms with Crippen LogP contribution in [0.5, 0.6) is 11.6 Å². The summed E-state index contributed by atoms with van der Waals surface area (Å²) in [5.41, 5.74) is 2.44. The highest BCUT2D eigenvalue weighted by atomic mass is 16.5. The number of hydrogen-bond acceptors (Lipinski definition) is 8. The number of nitrogens with zero attached hydrogens (tertiary/aromatic N) is 6. The first-order valence-corrected chi connectivity index (χ1v) is 11.4. The molecule has 9 heteroatoms. The Morgan fingerprint density at radius 3 is 2.64 bits per heavy atom. The summed E-state index contributed by atoms with van der Waals surface area (Å²) in [6, 6.07) is 11.5. The fourth-order valence-electron chi connectivity index (χ4n) is 3.88. The summed E-state index contributed by atoms with van der Waals surface area (Å²) in [5, 5.41) is 23.9. The second-order valence-electron chi connectivity index (χ2n) is 9.23. The van der Waals surface area contributed by atoms with Gasteiger partial charge in [-0.1, -0.05) is 5.92 Å². The van der Waals surface area contributed by atoms with E-state index in [4.69, 9.17) is 15.9 Å². The Balaban J connectivity index is 1.32. The SMILES string of the molecule is C#Cc1ccc(OC2CN(c3ccc(-c4cc(OCC(C)(C)O)cn5ncc(C#N)c45)cn3)C2)nc1. The van der Waals surface area contributed by atoms with Crippen molar-refractivity contribution in [3.8, 4) is 41.2 Å². The number of ether oxygens (including phenoxy) is 2. The van der Waals surface area contributed by atoms with Crippen LogP contribution >= 0.6 is 0 Å². The molecule has 9 nitrogen and oxygen atoms in total. The maximum Gasteiger partial charge on any atom is 0.213 e. The molecule has 0 amide bonds. The Morgan fingerprint density at radius 2 is 2.00 bits per heavy atom. The predicted octanol–water partition coefficient (Wildman–Crippen LogP) is 3.06. The Morgan fingerprint density at radius 1 is 1.17 bits per heavy atom. The molecule has 0 atom stereocenters. The van der Waals surface area contributed by atoms with E-state index >= 15 is 0 Å². The topological polar surface area (TPSA) is 109 Å². The molecule has 5 rings (SSSR count). The van der Waals surface area contributed by atoms with E-state index < -0.39 is 5.60 Å². The van der Waals surface area contributed by atoms with Crippen molar-refractivity contribution in [3.63, 3.8) is 0 Å². The molecule has 4 aromatic rings. The second kappa shape index (κ2) is 9.21. The van der Waals surface area contributed by atoms with Crippen molar-refractivity contribution in [3.05, 3.63) is 66.2 Å². The first kappa shape index (κ1) is 23.2. The van der Waals surface area contributed by atoms with Crippen molar-refractivity contribution in [2.24, 2.45) is 0 Å². The van der Waals surface area contributed by atoms with E-state index in [-0.39, 0.29) is 12.7 Å². The summed E-state index contributed by atoms with van der Waals surface area (Å²) in [7, 11) is 0. The molecule has 0 aliphatic carbocycles. The lowest BCUT2D eigenvalue weighted by molar-refractivity contribution is 0.0283. The first-order valence-electron chi connectivity index (χ1n) is 11.4. The van der Waals surface area contributed by atoms with Gasteiger partial charge < -0.3 is 19.5 Å². The van der Waals surface area contributed by atoms with Gasteiger partial charge in [-0.15, -0.1) is 6.42 Å². The number of rotatable bonds is 7. The molecule has 1 fully saturated rings. The number of hydrogen-bond donors (Lipinski definition) is 1. The zero-order valence-electron chi connectivity index (χ0n) is 19.9. The van der Waals surface area contributed by atoms with Crippen LogP contribution in [-0.4, -0.2) is 56.1 Å². The minimum Gasteiger partial charge on any atom is -0.489 e. The molecule has 5 heterocycles. The fraction of sp³-hybridized carbons (Fsp3) is 0.259. The van der Waals surface area contributed by atoms with Gasteiger partial charge in [-0.05, 0) is 38.1 Å². The summed E-state index contributed by atoms with van der Waals surface area (Å²) in [4.78, 5) is 11.0. The summed E-state index contributed by atoms with van der Waals surface area (Å²) < 4.78 is 13.3. The van der Waals surface area contributed by atoms with Crippen molar-refractivity contribution >= 4 is 11.3 Å². The number of aliphatic hydroxyl groups is 1. The van der Waals surface area contributed by atoms with Crippen molar-refractivity contribution in [2.75, 3.05) is 24.6 Å². The number of terminal acetylenes is 1. The Bertz CT molecular complexity index is 1470. The standard InChI is InChI=1S/C27H24N6O3/c1-4-18-5-8-25(30-11-18)36-22-14-32(15-22)24-7-6-19(12-29-24)23-9-21(35-17-27(2,3)34)16-33-26(23)20(10-28)13-31-33/h1,5-9,11-13,16,22,34H,14-15,17H2,2-3H3. The highest BCUT2D eigenvalue weighted by Crippen LogP contribution is 2.32. The van der Waals surface area contributed by atoms with Crippen molar-refractivity contribution in [1.29, 1.82) is 5.26 Å². The molecule has 0 bridgehead atoms. The largest absolute Gasteiger partial charge is 0.489 e. The van der Waals surface area contributed by atoms with E-state index in [2.05, 4.69) is 32.0 Å². The number of aromatic nitrogens is 4. The lowest BCUT2D eigenvalue weighted by Crippen LogP contribution is -2.54. The Labute approximate surface area is 208 Å². The van der Waals surface area contributed by atoms with Crippen LogP contribution in [0.2, 0.25) is 0 Å². The normalized spacial score (nSPS) is 13.6. The summed E-state index contributed by atoms with van der Waals surface area (Å²) in [6.45, 7) is 4.85. The smallest absolute Gasteiger partial charge is 0.213 e. The van der Waals surface area contributed by atoms with Gasteiger partial charge >= 0.3 is 0 Å². The highest BCUT2D eigenvalue weighted by molar-refractivity contribution is 5.85. The van der Waals surface area contributed by atoms with Gasteiger partial charge in [0.05, 0.1) is 42.2 Å². The molecule has 1 aliphatic rings. The van der Waals surface area contributed by atoms with Crippen molar-refractivity contribution < 1.29 is 14.6 Å². The van der Waals surface area contributed by atoms with Crippen molar-refractivity contribution in [1.82, 2.24) is 19.6 Å². The average Bonchev–Trinajstić information content (AvgIpc) is 3.27. The highest BCUT2D eigenvalue weighted by Gasteiger charge is 2.30. The van der Waals surface area contributed by atoms with E-state index in [1.54, 1.807) is 49.1 Å². The molecular weight excluding hydrogens is 456 g/mol. The third-order valence-electron chi connectivity index (χ3n) is 5.72. The predicted molar refractivity (Wildman–Crippen MR) is 134 cm³/mol. The van der Waals surface area contributed by atoms with E-state index in [9.17, 15) is 10.4 Å². The monoisotopic (exact) mass is 480 g/mol. The maximum absolute atomic E-state index is 10.0. The van der Waals surface area contributed by atoms with Gasteiger partial charge in [-0.3, -0.25) is 0 Å². The number of nitriles is 1. The van der Waals surface area contributed by atoms with Crippen LogP contribution < -0.4 is 14.4 Å². The fourth-order valence-corrected chi connectivity index (χ4v) is 3.88.